The summed E-state index contributed by atoms with van der Waals surface area (Å²) in [6.07, 6.45) is -1.51. The van der Waals surface area contributed by atoms with E-state index in [1.807, 2.05) is 6.07 Å². The minimum atomic E-state index is -1.78. The Kier molecular flexibility index (Phi) is 9.00. The number of rotatable bonds is 11. The fourth-order valence-electron chi connectivity index (χ4n) is 3.40. The van der Waals surface area contributed by atoms with Crippen molar-refractivity contribution < 1.29 is 34.1 Å². The van der Waals surface area contributed by atoms with E-state index in [1.54, 1.807) is 45.0 Å². The van der Waals surface area contributed by atoms with Gasteiger partial charge < -0.3 is 26.0 Å². The number of hydrogen-bond donors (Lipinski definition) is 4. The van der Waals surface area contributed by atoms with Crippen LogP contribution in [0.15, 0.2) is 30.3 Å². The number of nitrogens with zero attached hydrogens (tertiary/aromatic N) is 4. The van der Waals surface area contributed by atoms with Gasteiger partial charge in [-0.25, -0.2) is 9.59 Å². The SMILES string of the molecule is CC(C)(C)C(CCc1nnnn1C(=O)OCc1ccccc1)(NC(=O)CC[C@H](N)C(=O)O)C(=O)O. The molecule has 2 atom stereocenters. The molecule has 0 radical (unpaired) electrons. The second-order valence-electron chi connectivity index (χ2n) is 9.04. The molecule has 35 heavy (non-hydrogen) atoms. The lowest BCUT2D eigenvalue weighted by Gasteiger charge is -2.41. The number of nitrogens with one attached hydrogen (secondary N) is 1. The summed E-state index contributed by atoms with van der Waals surface area (Å²) in [6.45, 7) is 4.92. The number of carbonyl (C=O) groups excluding carboxylic acids is 2. The number of hydrogen-bond acceptors (Lipinski definition) is 9. The minimum Gasteiger partial charge on any atom is -0.480 e. The van der Waals surface area contributed by atoms with Gasteiger partial charge in [-0.3, -0.25) is 9.59 Å². The smallest absolute Gasteiger partial charge is 0.438 e. The topological polar surface area (TPSA) is 200 Å². The van der Waals surface area contributed by atoms with E-state index in [-0.39, 0.29) is 38.1 Å². The van der Waals surface area contributed by atoms with Crippen LogP contribution in [0.5, 0.6) is 0 Å². The van der Waals surface area contributed by atoms with E-state index in [9.17, 15) is 24.3 Å². The zero-order valence-corrected chi connectivity index (χ0v) is 19.8. The number of aryl methyl sites for hydroxylation is 1. The monoisotopic (exact) mass is 490 g/mol. The molecule has 1 unspecified atom stereocenters. The Morgan fingerprint density at radius 1 is 1.14 bits per heavy atom. The van der Waals surface area contributed by atoms with Crippen LogP contribution in [0.1, 0.15) is 51.4 Å². The standard InChI is InChI=1S/C22H30N6O7/c1-21(2,3)22(19(32)33,24-17(29)10-9-15(23)18(30)31)12-11-16-25-26-27-28(16)20(34)35-13-14-7-5-4-6-8-14/h4-8,15H,9-13,23H2,1-3H3,(H,24,29)(H,30,31)(H,32,33)/t15-,22?/m0/s1. The lowest BCUT2D eigenvalue weighted by molar-refractivity contribution is -0.154. The third-order valence-corrected chi connectivity index (χ3v) is 5.63. The minimum absolute atomic E-state index is 0.00539. The van der Waals surface area contributed by atoms with Crippen molar-refractivity contribution in [1.29, 1.82) is 0 Å². The summed E-state index contributed by atoms with van der Waals surface area (Å²) in [5, 5.41) is 32.5. The third kappa shape index (κ3) is 7.06. The quantitative estimate of drug-likeness (QED) is 0.327. The second-order valence-corrected chi connectivity index (χ2v) is 9.04. The van der Waals surface area contributed by atoms with Gasteiger partial charge in [0.2, 0.25) is 5.91 Å². The molecule has 0 saturated carbocycles. The van der Waals surface area contributed by atoms with Crippen LogP contribution in [0.4, 0.5) is 4.79 Å². The first-order valence-electron chi connectivity index (χ1n) is 10.9. The molecule has 0 aliphatic rings. The number of benzene rings is 1. The van der Waals surface area contributed by atoms with E-state index in [2.05, 4.69) is 20.8 Å². The van der Waals surface area contributed by atoms with Gasteiger partial charge in [-0.1, -0.05) is 51.1 Å². The van der Waals surface area contributed by atoms with Crippen LogP contribution in [-0.4, -0.2) is 65.9 Å². The molecule has 0 spiro atoms. The Morgan fingerprint density at radius 3 is 2.37 bits per heavy atom. The Hall–Kier alpha value is -3.87. The van der Waals surface area contributed by atoms with Crippen molar-refractivity contribution in [2.75, 3.05) is 0 Å². The first kappa shape index (κ1) is 27.4. The maximum absolute atomic E-state index is 12.6. The van der Waals surface area contributed by atoms with Crippen molar-refractivity contribution in [2.45, 2.75) is 64.6 Å². The van der Waals surface area contributed by atoms with Crippen LogP contribution < -0.4 is 11.1 Å². The van der Waals surface area contributed by atoms with Gasteiger partial charge in [-0.2, -0.15) is 0 Å². The average Bonchev–Trinajstić information content (AvgIpc) is 3.27. The first-order chi connectivity index (χ1) is 16.4. The van der Waals surface area contributed by atoms with Crippen molar-refractivity contribution in [1.82, 2.24) is 25.5 Å². The molecule has 0 bridgehead atoms. The van der Waals surface area contributed by atoms with Crippen LogP contribution >= 0.6 is 0 Å². The van der Waals surface area contributed by atoms with Gasteiger partial charge >= 0.3 is 18.0 Å². The highest BCUT2D eigenvalue weighted by atomic mass is 16.6. The van der Waals surface area contributed by atoms with Crippen LogP contribution in [0.25, 0.3) is 0 Å². The zero-order valence-electron chi connectivity index (χ0n) is 19.8. The molecule has 2 rings (SSSR count). The molecule has 0 aliphatic heterocycles. The van der Waals surface area contributed by atoms with Crippen molar-refractivity contribution in [3.8, 4) is 0 Å². The molecule has 1 aromatic carbocycles. The molecule has 0 saturated heterocycles. The average molecular weight is 491 g/mol. The number of aliphatic carboxylic acids is 2. The Morgan fingerprint density at radius 2 is 1.80 bits per heavy atom. The summed E-state index contributed by atoms with van der Waals surface area (Å²) in [7, 11) is 0. The summed E-state index contributed by atoms with van der Waals surface area (Å²) in [5.41, 5.74) is 3.45. The van der Waals surface area contributed by atoms with Gasteiger partial charge in [0, 0.05) is 12.8 Å². The molecule has 5 N–H and O–H groups in total. The molecule has 13 heteroatoms. The number of carboxylic acid groups (broad SMARTS) is 2. The van der Waals surface area contributed by atoms with Gasteiger partial charge in [0.25, 0.3) is 0 Å². The van der Waals surface area contributed by atoms with E-state index >= 15 is 0 Å². The largest absolute Gasteiger partial charge is 0.480 e. The lowest BCUT2D eigenvalue weighted by Crippen LogP contribution is -2.62. The fraction of sp³-hybridized carbons (Fsp3) is 0.500. The maximum Gasteiger partial charge on any atom is 0.438 e. The highest BCUT2D eigenvalue weighted by molar-refractivity contribution is 5.88. The summed E-state index contributed by atoms with van der Waals surface area (Å²) in [5.74, 6) is -3.17. The first-order valence-corrected chi connectivity index (χ1v) is 10.9. The number of amides is 1. The Labute approximate surface area is 201 Å². The van der Waals surface area contributed by atoms with Gasteiger partial charge in [0.05, 0.1) is 0 Å². The number of ether oxygens (including phenoxy) is 1. The number of carbonyl (C=O) groups is 4. The number of carboxylic acids is 2. The van der Waals surface area contributed by atoms with Crippen molar-refractivity contribution in [3.05, 3.63) is 41.7 Å². The van der Waals surface area contributed by atoms with Crippen LogP contribution in [0.3, 0.4) is 0 Å². The zero-order chi connectivity index (χ0) is 26.2. The second kappa shape index (κ2) is 11.5. The van der Waals surface area contributed by atoms with Crippen LogP contribution in [0.2, 0.25) is 0 Å². The van der Waals surface area contributed by atoms with E-state index in [0.29, 0.717) is 0 Å². The molecule has 13 nitrogen and oxygen atoms in total. The molecule has 1 amide bonds. The molecule has 0 fully saturated rings. The van der Waals surface area contributed by atoms with E-state index in [4.69, 9.17) is 15.6 Å². The summed E-state index contributed by atoms with van der Waals surface area (Å²) >= 11 is 0. The summed E-state index contributed by atoms with van der Waals surface area (Å²) in [4.78, 5) is 48.3. The lowest BCUT2D eigenvalue weighted by atomic mass is 9.70. The maximum atomic E-state index is 12.6. The third-order valence-electron chi connectivity index (χ3n) is 5.63. The van der Waals surface area contributed by atoms with Gasteiger partial charge in [-0.05, 0) is 34.2 Å². The van der Waals surface area contributed by atoms with Gasteiger partial charge in [-0.15, -0.1) is 9.78 Å². The fourth-order valence-corrected chi connectivity index (χ4v) is 3.40. The number of tetrazole rings is 1. The highest BCUT2D eigenvalue weighted by Gasteiger charge is 2.50. The predicted octanol–water partition coefficient (Wildman–Crippen LogP) is 0.968. The van der Waals surface area contributed by atoms with E-state index < -0.39 is 40.9 Å². The van der Waals surface area contributed by atoms with Crippen LogP contribution in [0, 0.1) is 5.41 Å². The Bertz CT molecular complexity index is 1050. The number of nitrogens with two attached hydrogens (primary N) is 1. The van der Waals surface area contributed by atoms with Crippen molar-refractivity contribution in [3.63, 3.8) is 0 Å². The molecular weight excluding hydrogens is 460 g/mol. The highest BCUT2D eigenvalue weighted by Crippen LogP contribution is 2.35. The molecule has 190 valence electrons. The van der Waals surface area contributed by atoms with Gasteiger partial charge in [0.15, 0.2) is 5.82 Å². The van der Waals surface area contributed by atoms with E-state index in [1.165, 1.54) is 0 Å². The summed E-state index contributed by atoms with van der Waals surface area (Å²) in [6, 6.07) is 7.74. The number of aromatic nitrogens is 4. The predicted molar refractivity (Wildman–Crippen MR) is 121 cm³/mol. The van der Waals surface area contributed by atoms with Crippen molar-refractivity contribution in [2.24, 2.45) is 11.1 Å². The van der Waals surface area contributed by atoms with Crippen molar-refractivity contribution >= 4 is 23.9 Å². The van der Waals surface area contributed by atoms with Crippen LogP contribution in [-0.2, 0) is 32.1 Å². The van der Waals surface area contributed by atoms with E-state index in [0.717, 1.165) is 10.2 Å². The van der Waals surface area contributed by atoms with Gasteiger partial charge in [0.1, 0.15) is 18.2 Å². The molecule has 0 aliphatic carbocycles. The molecule has 1 heterocycles. The molecule has 1 aromatic heterocycles. The Balaban J connectivity index is 2.15. The molecular formula is C22H30N6O7. The summed E-state index contributed by atoms with van der Waals surface area (Å²) < 4.78 is 6.07. The molecule has 2 aromatic rings. The normalized spacial score (nSPS) is 13.9.